The van der Waals surface area contributed by atoms with Gasteiger partial charge in [-0.2, -0.15) is 0 Å². The molecule has 0 aromatic carbocycles. The molecule has 0 amide bonds. The van der Waals surface area contributed by atoms with E-state index in [1.165, 1.54) is 0 Å². The van der Waals surface area contributed by atoms with E-state index in [1.54, 1.807) is 0 Å². The molecular formula is C40H27BrN8. The molecule has 0 atom stereocenters. The molecule has 0 saturated carbocycles. The molecule has 16 bridgehead atoms. The third-order valence-corrected chi connectivity index (χ3v) is 8.82. The normalized spacial score (nSPS) is 12.7. The van der Waals surface area contributed by atoms with Crippen molar-refractivity contribution in [1.29, 1.82) is 0 Å². The smallest absolute Gasteiger partial charge is 0.0659 e. The van der Waals surface area contributed by atoms with Crippen LogP contribution in [-0.4, -0.2) is 39.9 Å². The molecule has 0 fully saturated rings. The van der Waals surface area contributed by atoms with Crippen molar-refractivity contribution in [2.24, 2.45) is 0 Å². The Morgan fingerprint density at radius 3 is 1.00 bits per heavy atom. The van der Waals surface area contributed by atoms with Gasteiger partial charge in [0, 0.05) is 43.1 Å². The molecule has 4 N–H and O–H groups in total. The van der Waals surface area contributed by atoms with E-state index in [9.17, 15) is 0 Å². The van der Waals surface area contributed by atoms with Crippen molar-refractivity contribution in [2.75, 3.05) is 0 Å². The largest absolute Gasteiger partial charge is 0.355 e. The average Bonchev–Trinajstić information content (AvgIpc) is 3.91. The summed E-state index contributed by atoms with van der Waals surface area (Å²) in [5, 5.41) is 0. The number of aromatic nitrogens is 8. The summed E-state index contributed by atoms with van der Waals surface area (Å²) in [5.41, 5.74) is 15.6. The zero-order valence-electron chi connectivity index (χ0n) is 25.9. The Balaban J connectivity index is 0.000000133. The second kappa shape index (κ2) is 12.0. The molecule has 0 radical (unpaired) electrons. The van der Waals surface area contributed by atoms with E-state index in [1.807, 2.05) is 85.0 Å². The fourth-order valence-corrected chi connectivity index (χ4v) is 6.39. The van der Waals surface area contributed by atoms with Crippen LogP contribution in [0, 0.1) is 0 Å². The van der Waals surface area contributed by atoms with Crippen LogP contribution in [0.3, 0.4) is 0 Å². The number of hydrogen-bond donors (Lipinski definition) is 4. The van der Waals surface area contributed by atoms with Gasteiger partial charge in [-0.3, -0.25) is 0 Å². The summed E-state index contributed by atoms with van der Waals surface area (Å²) in [7, 11) is 0. The van der Waals surface area contributed by atoms with Gasteiger partial charge in [-0.25, -0.2) is 19.9 Å². The quantitative estimate of drug-likeness (QED) is 0.126. The zero-order valence-corrected chi connectivity index (χ0v) is 27.5. The molecule has 10 rings (SSSR count). The highest BCUT2D eigenvalue weighted by molar-refractivity contribution is 9.10. The SMILES string of the molecule is Brc1cc2cc3ccc(cc4nc(cc5nc(cc1[nH]2)C=C5)C=C4)[nH]3.C1=Cc2cc3ccc(cc4ccc(cc5nc(cc1n2)C=C5)[nH]4)[nH]3. The Hall–Kier alpha value is -6.32. The minimum atomic E-state index is 0.902. The van der Waals surface area contributed by atoms with Crippen molar-refractivity contribution in [1.82, 2.24) is 39.9 Å². The van der Waals surface area contributed by atoms with Crippen LogP contribution in [0.2, 0.25) is 0 Å². The van der Waals surface area contributed by atoms with Crippen LogP contribution in [0.15, 0.2) is 95.5 Å². The Labute approximate surface area is 288 Å². The molecule has 0 aliphatic carbocycles. The lowest BCUT2D eigenvalue weighted by molar-refractivity contribution is 1.27. The van der Waals surface area contributed by atoms with Gasteiger partial charge in [0.1, 0.15) is 0 Å². The van der Waals surface area contributed by atoms with Crippen LogP contribution < -0.4 is 0 Å². The summed E-state index contributed by atoms with van der Waals surface area (Å²) in [6, 6.07) is 30.7. The van der Waals surface area contributed by atoms with Gasteiger partial charge >= 0.3 is 0 Å². The van der Waals surface area contributed by atoms with Gasteiger partial charge in [-0.05, 0) is 156 Å². The van der Waals surface area contributed by atoms with Crippen LogP contribution in [0.1, 0.15) is 45.6 Å². The molecule has 4 aliphatic rings. The minimum Gasteiger partial charge on any atom is -0.355 e. The summed E-state index contributed by atoms with van der Waals surface area (Å²) in [6.45, 7) is 0. The van der Waals surface area contributed by atoms with Crippen molar-refractivity contribution in [3.8, 4) is 0 Å². The van der Waals surface area contributed by atoms with E-state index in [2.05, 4.69) is 110 Å². The molecule has 8 nitrogen and oxygen atoms in total. The number of halogens is 1. The summed E-state index contributed by atoms with van der Waals surface area (Å²) >= 11 is 3.61. The van der Waals surface area contributed by atoms with Gasteiger partial charge in [0.25, 0.3) is 0 Å². The van der Waals surface area contributed by atoms with Gasteiger partial charge in [-0.15, -0.1) is 0 Å². The molecule has 234 valence electrons. The third-order valence-electron chi connectivity index (χ3n) is 8.16. The molecule has 4 aliphatic heterocycles. The van der Waals surface area contributed by atoms with E-state index in [0.29, 0.717) is 0 Å². The predicted molar refractivity (Wildman–Crippen MR) is 205 cm³/mol. The van der Waals surface area contributed by atoms with Crippen molar-refractivity contribution >= 4 is 109 Å². The fourth-order valence-electron chi connectivity index (χ4n) is 5.93. The molecule has 9 heteroatoms. The standard InChI is InChI=1S/C20H13BrN4.C20H14N4/c21-19-10-18-9-16-4-3-14(23-16)7-12-1-2-13(22-12)8-15-5-6-17(24-15)11-20(19)25-18;1-2-14-10-16-5-6-18(23-16)12-20-8-7-19(24-20)11-17-4-3-15(22-17)9-13(1)21-14/h1-11,23,25H;1-12,21-22H. The average molecular weight is 700 g/mol. The summed E-state index contributed by atoms with van der Waals surface area (Å²) in [4.78, 5) is 32.1. The summed E-state index contributed by atoms with van der Waals surface area (Å²) < 4.78 is 1.01. The van der Waals surface area contributed by atoms with E-state index in [4.69, 9.17) is 0 Å². The van der Waals surface area contributed by atoms with Crippen LogP contribution in [0.25, 0.3) is 92.7 Å². The highest BCUT2D eigenvalue weighted by Crippen LogP contribution is 2.23. The van der Waals surface area contributed by atoms with Crippen LogP contribution in [0.4, 0.5) is 0 Å². The number of fused-ring (bicyclic) bond motifs is 16. The lowest BCUT2D eigenvalue weighted by atomic mass is 10.3. The zero-order chi connectivity index (χ0) is 32.7. The molecular weight excluding hydrogens is 672 g/mol. The topological polar surface area (TPSA) is 115 Å². The molecule has 49 heavy (non-hydrogen) atoms. The summed E-state index contributed by atoms with van der Waals surface area (Å²) in [5.74, 6) is 0. The Kier molecular flexibility index (Phi) is 7.09. The van der Waals surface area contributed by atoms with E-state index in [-0.39, 0.29) is 0 Å². The van der Waals surface area contributed by atoms with Gasteiger partial charge in [0.15, 0.2) is 0 Å². The van der Waals surface area contributed by atoms with Crippen molar-refractivity contribution < 1.29 is 0 Å². The second-order valence-electron chi connectivity index (χ2n) is 11.9. The molecule has 6 aromatic rings. The van der Waals surface area contributed by atoms with E-state index < -0.39 is 0 Å². The highest BCUT2D eigenvalue weighted by Gasteiger charge is 2.05. The number of hydrogen-bond acceptors (Lipinski definition) is 4. The molecule has 10 heterocycles. The first-order valence-electron chi connectivity index (χ1n) is 15.8. The molecule has 0 saturated heterocycles. The van der Waals surface area contributed by atoms with Gasteiger partial charge in [0.05, 0.1) is 51.1 Å². The molecule has 0 unspecified atom stereocenters. The Morgan fingerprint density at radius 2 is 0.612 bits per heavy atom. The lowest BCUT2D eigenvalue weighted by Crippen LogP contribution is -1.77. The minimum absolute atomic E-state index is 0.902. The highest BCUT2D eigenvalue weighted by atomic mass is 79.9. The number of nitrogens with zero attached hydrogens (tertiary/aromatic N) is 4. The van der Waals surface area contributed by atoms with Crippen LogP contribution in [0.5, 0.6) is 0 Å². The fraction of sp³-hybridized carbons (Fsp3) is 0. The number of nitrogens with one attached hydrogen (secondary N) is 4. The van der Waals surface area contributed by atoms with Crippen molar-refractivity contribution in [3.63, 3.8) is 0 Å². The maximum Gasteiger partial charge on any atom is 0.0659 e. The first-order valence-corrected chi connectivity index (χ1v) is 16.6. The van der Waals surface area contributed by atoms with Gasteiger partial charge in [0.2, 0.25) is 0 Å². The number of aromatic amines is 4. The monoisotopic (exact) mass is 698 g/mol. The first kappa shape index (κ1) is 28.9. The molecule has 0 spiro atoms. The predicted octanol–water partition coefficient (Wildman–Crippen LogP) is 10.1. The molecule has 6 aromatic heterocycles. The Bertz CT molecular complexity index is 2660. The lowest BCUT2D eigenvalue weighted by Gasteiger charge is -1.86. The van der Waals surface area contributed by atoms with Crippen molar-refractivity contribution in [3.05, 3.63) is 141 Å². The first-order chi connectivity index (χ1) is 24.0. The maximum atomic E-state index is 4.64. The summed E-state index contributed by atoms with van der Waals surface area (Å²) in [6.07, 6.45) is 16.1. The van der Waals surface area contributed by atoms with Crippen molar-refractivity contribution in [2.45, 2.75) is 0 Å². The second-order valence-corrected chi connectivity index (χ2v) is 12.8. The maximum absolute atomic E-state index is 4.64. The van der Waals surface area contributed by atoms with Gasteiger partial charge in [-0.1, -0.05) is 0 Å². The van der Waals surface area contributed by atoms with Crippen LogP contribution >= 0.6 is 15.9 Å². The van der Waals surface area contributed by atoms with Gasteiger partial charge < -0.3 is 19.9 Å². The Morgan fingerprint density at radius 1 is 0.306 bits per heavy atom. The van der Waals surface area contributed by atoms with E-state index in [0.717, 1.165) is 94.2 Å². The third kappa shape index (κ3) is 6.47. The van der Waals surface area contributed by atoms with Crippen LogP contribution in [-0.2, 0) is 0 Å². The number of H-pyrrole nitrogens is 4. The number of rotatable bonds is 0. The van der Waals surface area contributed by atoms with E-state index >= 15 is 0 Å².